The minimum absolute atomic E-state index is 0.126. The zero-order valence-corrected chi connectivity index (χ0v) is 12.9. The largest absolute Gasteiger partial charge is 0.481 e. The summed E-state index contributed by atoms with van der Waals surface area (Å²) in [5.41, 5.74) is -0.649. The summed E-state index contributed by atoms with van der Waals surface area (Å²) in [5, 5.41) is 11.6. The molecule has 3 rings (SSSR count). The molecule has 1 aromatic rings. The summed E-state index contributed by atoms with van der Waals surface area (Å²) in [6, 6.07) is 4.12. The van der Waals surface area contributed by atoms with Crippen molar-refractivity contribution < 1.29 is 14.7 Å². The average molecular weight is 307 g/mol. The van der Waals surface area contributed by atoms with Crippen molar-refractivity contribution in [1.82, 2.24) is 4.90 Å². The lowest BCUT2D eigenvalue weighted by Crippen LogP contribution is -2.37. The molecule has 0 spiro atoms. The van der Waals surface area contributed by atoms with Gasteiger partial charge in [0, 0.05) is 24.4 Å². The van der Waals surface area contributed by atoms with Gasteiger partial charge in [0.05, 0.1) is 5.41 Å². The Hall–Kier alpha value is -1.36. The maximum Gasteiger partial charge on any atom is 0.311 e. The standard InChI is InChI=1S/C16H21NO3S/c18-14(7-1-5-13-6-3-9-21-13)17-10-12-4-2-8-16(12,11-17)15(19)20/h3,6,9,12H,1-2,4-5,7-8,10-11H2,(H,19,20)/t12-,16+/m0/s1. The van der Waals surface area contributed by atoms with Gasteiger partial charge < -0.3 is 10.0 Å². The van der Waals surface area contributed by atoms with Crippen LogP contribution in [0, 0.1) is 11.3 Å². The Kier molecular flexibility index (Phi) is 4.02. The molecule has 0 radical (unpaired) electrons. The molecule has 0 aromatic carbocycles. The van der Waals surface area contributed by atoms with E-state index in [1.54, 1.807) is 16.2 Å². The minimum Gasteiger partial charge on any atom is -0.481 e. The number of likely N-dealkylation sites (tertiary alicyclic amines) is 1. The molecule has 21 heavy (non-hydrogen) atoms. The molecule has 1 saturated heterocycles. The number of fused-ring (bicyclic) bond motifs is 1. The summed E-state index contributed by atoms with van der Waals surface area (Å²) in [6.07, 6.45) is 4.97. The van der Waals surface area contributed by atoms with E-state index < -0.39 is 11.4 Å². The van der Waals surface area contributed by atoms with Gasteiger partial charge in [0.2, 0.25) is 5.91 Å². The lowest BCUT2D eigenvalue weighted by Gasteiger charge is -2.23. The number of nitrogens with zero attached hydrogens (tertiary/aromatic N) is 1. The van der Waals surface area contributed by atoms with Gasteiger partial charge in [-0.1, -0.05) is 12.5 Å². The molecule has 2 fully saturated rings. The average Bonchev–Trinajstić information content (AvgIpc) is 3.13. The van der Waals surface area contributed by atoms with E-state index >= 15 is 0 Å². The van der Waals surface area contributed by atoms with Crippen molar-refractivity contribution in [3.63, 3.8) is 0 Å². The Balaban J connectivity index is 1.53. The van der Waals surface area contributed by atoms with Crippen molar-refractivity contribution in [1.29, 1.82) is 0 Å². The zero-order valence-electron chi connectivity index (χ0n) is 12.1. The number of carboxylic acids is 1. The third kappa shape index (κ3) is 2.71. The highest BCUT2D eigenvalue weighted by molar-refractivity contribution is 7.09. The van der Waals surface area contributed by atoms with Gasteiger partial charge in [0.15, 0.2) is 0 Å². The summed E-state index contributed by atoms with van der Waals surface area (Å²) in [7, 11) is 0. The second-order valence-electron chi connectivity index (χ2n) is 6.26. The summed E-state index contributed by atoms with van der Waals surface area (Å²) in [4.78, 5) is 27.0. The van der Waals surface area contributed by atoms with Gasteiger partial charge in [-0.25, -0.2) is 0 Å². The zero-order chi connectivity index (χ0) is 14.9. The number of carbonyl (C=O) groups is 2. The van der Waals surface area contributed by atoms with Gasteiger partial charge in [-0.2, -0.15) is 0 Å². The van der Waals surface area contributed by atoms with Crippen LogP contribution in [-0.2, 0) is 16.0 Å². The Bertz CT molecular complexity index is 528. The summed E-state index contributed by atoms with van der Waals surface area (Å²) >= 11 is 1.72. The van der Waals surface area contributed by atoms with Gasteiger partial charge in [-0.3, -0.25) is 9.59 Å². The Morgan fingerprint density at radius 1 is 1.48 bits per heavy atom. The molecule has 1 aliphatic carbocycles. The fourth-order valence-corrected chi connectivity index (χ4v) is 4.61. The van der Waals surface area contributed by atoms with E-state index in [4.69, 9.17) is 0 Å². The first kappa shape index (κ1) is 14.6. The number of aliphatic carboxylic acids is 1. The van der Waals surface area contributed by atoms with Gasteiger partial charge >= 0.3 is 5.97 Å². The monoisotopic (exact) mass is 307 g/mol. The first-order chi connectivity index (χ1) is 10.1. The van der Waals surface area contributed by atoms with Crippen LogP contribution < -0.4 is 0 Å². The van der Waals surface area contributed by atoms with Gasteiger partial charge in [0.1, 0.15) is 0 Å². The van der Waals surface area contributed by atoms with E-state index in [2.05, 4.69) is 11.4 Å². The van der Waals surface area contributed by atoms with Crippen LogP contribution in [0.15, 0.2) is 17.5 Å². The summed E-state index contributed by atoms with van der Waals surface area (Å²) in [6.45, 7) is 1.06. The minimum atomic E-state index is -0.709. The fraction of sp³-hybridized carbons (Fsp3) is 0.625. The topological polar surface area (TPSA) is 57.6 Å². The Morgan fingerprint density at radius 3 is 3.00 bits per heavy atom. The van der Waals surface area contributed by atoms with Crippen LogP contribution in [0.1, 0.15) is 37.0 Å². The predicted octanol–water partition coefficient (Wildman–Crippen LogP) is 2.78. The summed E-state index contributed by atoms with van der Waals surface area (Å²) in [5.74, 6) is -0.420. The molecule has 1 saturated carbocycles. The molecule has 5 heteroatoms. The van der Waals surface area contributed by atoms with E-state index in [9.17, 15) is 14.7 Å². The highest BCUT2D eigenvalue weighted by Gasteiger charge is 2.55. The van der Waals surface area contributed by atoms with Gasteiger partial charge in [-0.05, 0) is 43.0 Å². The van der Waals surface area contributed by atoms with Gasteiger partial charge in [-0.15, -0.1) is 11.3 Å². The number of carbonyl (C=O) groups excluding carboxylic acids is 1. The maximum absolute atomic E-state index is 12.3. The van der Waals surface area contributed by atoms with E-state index in [0.29, 0.717) is 19.5 Å². The lowest BCUT2D eigenvalue weighted by molar-refractivity contribution is -0.149. The Labute approximate surface area is 128 Å². The molecule has 2 aliphatic rings. The number of carboxylic acid groups (broad SMARTS) is 1. The number of thiophene rings is 1. The fourth-order valence-electron chi connectivity index (χ4n) is 3.86. The number of hydrogen-bond acceptors (Lipinski definition) is 3. The molecule has 1 aliphatic heterocycles. The van der Waals surface area contributed by atoms with Crippen molar-refractivity contribution >= 4 is 23.2 Å². The van der Waals surface area contributed by atoms with Crippen molar-refractivity contribution in [3.8, 4) is 0 Å². The van der Waals surface area contributed by atoms with Crippen LogP contribution in [0.25, 0.3) is 0 Å². The normalized spacial score (nSPS) is 27.8. The molecule has 1 aromatic heterocycles. The quantitative estimate of drug-likeness (QED) is 0.910. The molecular formula is C16H21NO3S. The van der Waals surface area contributed by atoms with Crippen molar-refractivity contribution in [2.45, 2.75) is 38.5 Å². The third-order valence-electron chi connectivity index (χ3n) is 5.04. The van der Waals surface area contributed by atoms with Crippen molar-refractivity contribution in [3.05, 3.63) is 22.4 Å². The predicted molar refractivity (Wildman–Crippen MR) is 81.2 cm³/mol. The van der Waals surface area contributed by atoms with Crippen molar-refractivity contribution in [2.75, 3.05) is 13.1 Å². The molecular weight excluding hydrogens is 286 g/mol. The molecule has 2 atom stereocenters. The van der Waals surface area contributed by atoms with Gasteiger partial charge in [0.25, 0.3) is 0 Å². The lowest BCUT2D eigenvalue weighted by atomic mass is 9.81. The SMILES string of the molecule is O=C(CCCc1cccs1)N1C[C@@H]2CCC[C@@]2(C(=O)O)C1. The number of hydrogen-bond donors (Lipinski definition) is 1. The first-order valence-electron chi connectivity index (χ1n) is 7.65. The maximum atomic E-state index is 12.3. The van der Waals surface area contributed by atoms with E-state index in [1.165, 1.54) is 4.88 Å². The smallest absolute Gasteiger partial charge is 0.311 e. The highest BCUT2D eigenvalue weighted by Crippen LogP contribution is 2.48. The highest BCUT2D eigenvalue weighted by atomic mass is 32.1. The van der Waals surface area contributed by atoms with Crippen LogP contribution in [0.2, 0.25) is 0 Å². The van der Waals surface area contributed by atoms with Crippen LogP contribution in [0.4, 0.5) is 0 Å². The van der Waals surface area contributed by atoms with Crippen LogP contribution in [0.3, 0.4) is 0 Å². The van der Waals surface area contributed by atoms with Crippen molar-refractivity contribution in [2.24, 2.45) is 11.3 Å². The van der Waals surface area contributed by atoms with E-state index in [-0.39, 0.29) is 11.8 Å². The second kappa shape index (κ2) is 5.79. The molecule has 0 bridgehead atoms. The first-order valence-corrected chi connectivity index (χ1v) is 8.53. The number of amides is 1. The Morgan fingerprint density at radius 2 is 2.33 bits per heavy atom. The number of aryl methyl sites for hydroxylation is 1. The van der Waals surface area contributed by atoms with Crippen LogP contribution in [0.5, 0.6) is 0 Å². The second-order valence-corrected chi connectivity index (χ2v) is 7.29. The molecule has 114 valence electrons. The van der Waals surface area contributed by atoms with Crippen LogP contribution >= 0.6 is 11.3 Å². The molecule has 0 unspecified atom stereocenters. The number of rotatable bonds is 5. The molecule has 1 amide bonds. The van der Waals surface area contributed by atoms with E-state index in [1.807, 2.05) is 6.07 Å². The molecule has 1 N–H and O–H groups in total. The molecule has 2 heterocycles. The van der Waals surface area contributed by atoms with Crippen LogP contribution in [-0.4, -0.2) is 35.0 Å². The molecule has 4 nitrogen and oxygen atoms in total. The third-order valence-corrected chi connectivity index (χ3v) is 5.98. The summed E-state index contributed by atoms with van der Waals surface area (Å²) < 4.78 is 0. The van der Waals surface area contributed by atoms with E-state index in [0.717, 1.165) is 32.1 Å².